The fourth-order valence-corrected chi connectivity index (χ4v) is 8.52. The van der Waals surface area contributed by atoms with Crippen molar-refractivity contribution in [3.63, 3.8) is 0 Å². The lowest BCUT2D eigenvalue weighted by atomic mass is 9.46. The zero-order valence-electron chi connectivity index (χ0n) is 22.4. The van der Waals surface area contributed by atoms with E-state index in [0.29, 0.717) is 37.0 Å². The smallest absolute Gasteiger partial charge is 0.330 e. The van der Waals surface area contributed by atoms with Crippen LogP contribution in [-0.2, 0) is 19.1 Å². The van der Waals surface area contributed by atoms with E-state index in [2.05, 4.69) is 20.4 Å². The first kappa shape index (κ1) is 25.8. The number of hydrogen-bond acceptors (Lipinski definition) is 4. The Balaban J connectivity index is 1.61. The maximum Gasteiger partial charge on any atom is 0.330 e. The van der Waals surface area contributed by atoms with Crippen LogP contribution in [0.4, 0.5) is 0 Å². The molecule has 2 atom stereocenters. The van der Waals surface area contributed by atoms with E-state index in [-0.39, 0.29) is 11.6 Å². The van der Waals surface area contributed by atoms with Gasteiger partial charge in [-0.2, -0.15) is 0 Å². The molecule has 0 aromatic carbocycles. The number of rotatable bonds is 9. The molecule has 4 bridgehead atoms. The molecule has 0 amide bonds. The first-order chi connectivity index (χ1) is 16.1. The maximum absolute atomic E-state index is 14.2. The summed E-state index contributed by atoms with van der Waals surface area (Å²) in [4.78, 5) is 26.2. The summed E-state index contributed by atoms with van der Waals surface area (Å²) in [5, 5.41) is 0. The van der Waals surface area contributed by atoms with E-state index in [0.717, 1.165) is 17.8 Å². The number of ether oxygens (including phenoxy) is 2. The Morgan fingerprint density at radius 3 is 1.94 bits per heavy atom. The molecule has 0 saturated heterocycles. The van der Waals surface area contributed by atoms with Crippen molar-refractivity contribution < 1.29 is 19.1 Å². The second-order valence-electron chi connectivity index (χ2n) is 13.0. The fourth-order valence-electron chi connectivity index (χ4n) is 8.52. The van der Waals surface area contributed by atoms with Crippen LogP contribution in [0.1, 0.15) is 112 Å². The molecule has 0 spiro atoms. The molecule has 0 radical (unpaired) electrons. The van der Waals surface area contributed by atoms with Gasteiger partial charge in [-0.1, -0.05) is 40.2 Å². The molecule has 4 nitrogen and oxygen atoms in total. The summed E-state index contributed by atoms with van der Waals surface area (Å²) in [5.74, 6) is 3.55. The maximum atomic E-state index is 14.2. The van der Waals surface area contributed by atoms with Crippen LogP contribution in [0.15, 0.2) is 12.7 Å². The lowest BCUT2D eigenvalue weighted by molar-refractivity contribution is -0.241. The zero-order chi connectivity index (χ0) is 24.7. The highest BCUT2D eigenvalue weighted by Crippen LogP contribution is 2.64. The van der Waals surface area contributed by atoms with Gasteiger partial charge in [-0.3, -0.25) is 4.79 Å². The summed E-state index contributed by atoms with van der Waals surface area (Å²) < 4.78 is 12.7. The molecule has 0 N–H and O–H groups in total. The Kier molecular flexibility index (Phi) is 7.29. The fraction of sp³-hybridized carbons (Fsp3) is 0.867. The third kappa shape index (κ3) is 4.60. The monoisotopic (exact) mass is 472 g/mol. The van der Waals surface area contributed by atoms with Crippen molar-refractivity contribution in [3.05, 3.63) is 12.7 Å². The molecule has 0 heterocycles. The molecule has 0 aromatic heterocycles. The molecule has 5 aliphatic carbocycles. The van der Waals surface area contributed by atoms with Gasteiger partial charge in [-0.15, -0.1) is 0 Å². The topological polar surface area (TPSA) is 52.6 Å². The first-order valence-electron chi connectivity index (χ1n) is 14.2. The van der Waals surface area contributed by atoms with E-state index >= 15 is 0 Å². The lowest BCUT2D eigenvalue weighted by Gasteiger charge is -2.63. The predicted molar refractivity (Wildman–Crippen MR) is 135 cm³/mol. The molecule has 192 valence electrons. The van der Waals surface area contributed by atoms with Crippen LogP contribution in [0.25, 0.3) is 0 Å². The average Bonchev–Trinajstić information content (AvgIpc) is 2.81. The van der Waals surface area contributed by atoms with Crippen LogP contribution >= 0.6 is 0 Å². The van der Waals surface area contributed by atoms with Gasteiger partial charge in [-0.05, 0) is 107 Å². The van der Waals surface area contributed by atoms with Crippen LogP contribution in [0, 0.1) is 40.9 Å². The van der Waals surface area contributed by atoms with Crippen LogP contribution in [0.5, 0.6) is 0 Å². The summed E-state index contributed by atoms with van der Waals surface area (Å²) in [6, 6.07) is 0. The van der Waals surface area contributed by atoms with Gasteiger partial charge < -0.3 is 9.47 Å². The molecule has 4 heteroatoms. The van der Waals surface area contributed by atoms with E-state index < -0.39 is 17.0 Å². The molecule has 2 unspecified atom stereocenters. The minimum absolute atomic E-state index is 0.0598. The van der Waals surface area contributed by atoms with Crippen LogP contribution in [-0.4, -0.2) is 23.1 Å². The van der Waals surface area contributed by atoms with Crippen molar-refractivity contribution in [3.8, 4) is 0 Å². The molecule has 0 aromatic rings. The SMILES string of the molecule is C=CC(=O)OC(C)(CC)CC(C)(CC)C(=O)OC1(C2CCC(C)CC2)C2CC3CC(C2)CC1C3. The van der Waals surface area contributed by atoms with E-state index in [1.807, 2.05) is 20.8 Å². The van der Waals surface area contributed by atoms with Gasteiger partial charge in [0.05, 0.1) is 5.41 Å². The van der Waals surface area contributed by atoms with Crippen molar-refractivity contribution >= 4 is 11.9 Å². The van der Waals surface area contributed by atoms with Gasteiger partial charge in [0.2, 0.25) is 0 Å². The molecular formula is C30H48O4. The van der Waals surface area contributed by atoms with Gasteiger partial charge in [0.1, 0.15) is 11.2 Å². The molecule has 5 aliphatic rings. The largest absolute Gasteiger partial charge is 0.458 e. The summed E-state index contributed by atoms with van der Waals surface area (Å²) in [6.07, 6.45) is 14.3. The number of carbonyl (C=O) groups excluding carboxylic acids is 2. The Morgan fingerprint density at radius 1 is 0.912 bits per heavy atom. The van der Waals surface area contributed by atoms with Crippen molar-refractivity contribution in [2.75, 3.05) is 0 Å². The number of esters is 2. The van der Waals surface area contributed by atoms with Gasteiger partial charge in [0.15, 0.2) is 0 Å². The van der Waals surface area contributed by atoms with E-state index in [1.165, 1.54) is 63.9 Å². The zero-order valence-corrected chi connectivity index (χ0v) is 22.4. The number of carbonyl (C=O) groups is 2. The molecule has 5 fully saturated rings. The standard InChI is InChI=1S/C30H48O4/c1-7-26(31)33-29(6,9-3)19-28(5,8-2)27(32)34-30(23-12-10-20(4)11-13-23)24-15-21-14-22(17-24)18-25(30)16-21/h7,20-25H,1,8-19H2,2-6H3. The third-order valence-corrected chi connectivity index (χ3v) is 10.6. The Hall–Kier alpha value is -1.32. The van der Waals surface area contributed by atoms with E-state index in [4.69, 9.17) is 9.47 Å². The highest BCUT2D eigenvalue weighted by molar-refractivity contribution is 5.82. The third-order valence-electron chi connectivity index (χ3n) is 10.6. The molecule has 5 saturated carbocycles. The van der Waals surface area contributed by atoms with Crippen molar-refractivity contribution in [2.45, 2.75) is 123 Å². The van der Waals surface area contributed by atoms with E-state index in [9.17, 15) is 9.59 Å². The highest BCUT2D eigenvalue weighted by atomic mass is 16.6. The molecular weight excluding hydrogens is 424 g/mol. The predicted octanol–water partition coefficient (Wildman–Crippen LogP) is 7.26. The van der Waals surface area contributed by atoms with Crippen LogP contribution < -0.4 is 0 Å². The van der Waals surface area contributed by atoms with Gasteiger partial charge in [0.25, 0.3) is 0 Å². The highest BCUT2D eigenvalue weighted by Gasteiger charge is 2.63. The normalized spacial score (nSPS) is 40.1. The summed E-state index contributed by atoms with van der Waals surface area (Å²) in [7, 11) is 0. The number of hydrogen-bond donors (Lipinski definition) is 0. The van der Waals surface area contributed by atoms with Gasteiger partial charge in [0, 0.05) is 12.5 Å². The average molecular weight is 473 g/mol. The minimum atomic E-state index is -0.716. The van der Waals surface area contributed by atoms with Crippen LogP contribution in [0.2, 0.25) is 0 Å². The Bertz CT molecular complexity index is 751. The molecule has 34 heavy (non-hydrogen) atoms. The van der Waals surface area contributed by atoms with Gasteiger partial charge >= 0.3 is 11.9 Å². The lowest BCUT2D eigenvalue weighted by Crippen LogP contribution is -2.64. The Labute approximate surface area is 207 Å². The Morgan fingerprint density at radius 2 is 1.47 bits per heavy atom. The molecule has 5 rings (SSSR count). The molecule has 0 aliphatic heterocycles. The van der Waals surface area contributed by atoms with Crippen molar-refractivity contribution in [2.24, 2.45) is 40.9 Å². The summed E-state index contributed by atoms with van der Waals surface area (Å²) in [5.41, 5.74) is -1.68. The van der Waals surface area contributed by atoms with Crippen LogP contribution in [0.3, 0.4) is 0 Å². The van der Waals surface area contributed by atoms with E-state index in [1.54, 1.807) is 0 Å². The summed E-state index contributed by atoms with van der Waals surface area (Å²) in [6.45, 7) is 14.0. The van der Waals surface area contributed by atoms with Crippen molar-refractivity contribution in [1.82, 2.24) is 0 Å². The summed E-state index contributed by atoms with van der Waals surface area (Å²) >= 11 is 0. The first-order valence-corrected chi connectivity index (χ1v) is 14.2. The second-order valence-corrected chi connectivity index (χ2v) is 13.0. The minimum Gasteiger partial charge on any atom is -0.458 e. The second kappa shape index (κ2) is 9.62. The quantitative estimate of drug-likeness (QED) is 0.262. The van der Waals surface area contributed by atoms with Gasteiger partial charge in [-0.25, -0.2) is 4.79 Å². The van der Waals surface area contributed by atoms with Crippen molar-refractivity contribution in [1.29, 1.82) is 0 Å².